The molecule has 0 radical (unpaired) electrons. The van der Waals surface area contributed by atoms with E-state index in [2.05, 4.69) is 0 Å². The van der Waals surface area contributed by atoms with Gasteiger partial charge in [0, 0.05) is 15.8 Å². The molecular formula is C18H16O5S. The largest absolute Gasteiger partial charge is 0.507 e. The number of hydrogen-bond donors (Lipinski definition) is 1. The SMILES string of the molecule is COC(=O)c1cc(O)c2cc(OC)c(OC)cc2c1-c1cccs1. The van der Waals surface area contributed by atoms with E-state index in [9.17, 15) is 9.90 Å². The number of ether oxygens (including phenoxy) is 3. The van der Waals surface area contributed by atoms with E-state index in [1.165, 1.54) is 31.6 Å². The molecule has 0 fully saturated rings. The van der Waals surface area contributed by atoms with Crippen LogP contribution in [0.2, 0.25) is 0 Å². The van der Waals surface area contributed by atoms with Gasteiger partial charge in [-0.2, -0.15) is 0 Å². The standard InChI is InChI=1S/C18H16O5S/c1-21-14-8-10-11(9-15(14)22-2)17(16-5-4-6-24-16)12(7-13(10)19)18(20)23-3/h4-9,19H,1-3H3. The number of carbonyl (C=O) groups is 1. The van der Waals surface area contributed by atoms with Gasteiger partial charge in [0.15, 0.2) is 11.5 Å². The Morgan fingerprint density at radius 1 is 1.04 bits per heavy atom. The molecule has 2 aromatic carbocycles. The van der Waals surface area contributed by atoms with E-state index in [0.29, 0.717) is 33.4 Å². The number of methoxy groups -OCH3 is 3. The Morgan fingerprint density at radius 2 is 1.71 bits per heavy atom. The summed E-state index contributed by atoms with van der Waals surface area (Å²) in [6, 6.07) is 8.70. The molecule has 1 N–H and O–H groups in total. The van der Waals surface area contributed by atoms with Crippen molar-refractivity contribution in [3.05, 3.63) is 41.3 Å². The number of hydrogen-bond acceptors (Lipinski definition) is 6. The monoisotopic (exact) mass is 344 g/mol. The first-order chi connectivity index (χ1) is 11.6. The second-order valence-electron chi connectivity index (χ2n) is 5.04. The first kappa shape index (κ1) is 16.1. The highest BCUT2D eigenvalue weighted by Gasteiger charge is 2.22. The first-order valence-corrected chi connectivity index (χ1v) is 8.02. The third kappa shape index (κ3) is 2.55. The van der Waals surface area contributed by atoms with E-state index >= 15 is 0 Å². The first-order valence-electron chi connectivity index (χ1n) is 7.14. The van der Waals surface area contributed by atoms with Gasteiger partial charge in [0.05, 0.1) is 26.9 Å². The molecule has 24 heavy (non-hydrogen) atoms. The Kier molecular flexibility index (Phi) is 4.31. The van der Waals surface area contributed by atoms with Crippen LogP contribution in [0.1, 0.15) is 10.4 Å². The van der Waals surface area contributed by atoms with Gasteiger partial charge in [-0.05, 0) is 35.0 Å². The van der Waals surface area contributed by atoms with Crippen molar-refractivity contribution in [2.45, 2.75) is 0 Å². The number of phenols is 1. The van der Waals surface area contributed by atoms with Gasteiger partial charge in [0.2, 0.25) is 0 Å². The van der Waals surface area contributed by atoms with Gasteiger partial charge in [0.1, 0.15) is 5.75 Å². The number of fused-ring (bicyclic) bond motifs is 1. The van der Waals surface area contributed by atoms with Gasteiger partial charge < -0.3 is 19.3 Å². The summed E-state index contributed by atoms with van der Waals surface area (Å²) in [6.45, 7) is 0. The maximum absolute atomic E-state index is 12.2. The number of phenolic OH excluding ortho intramolecular Hbond substituents is 1. The van der Waals surface area contributed by atoms with Gasteiger partial charge in [-0.1, -0.05) is 6.07 Å². The van der Waals surface area contributed by atoms with Crippen LogP contribution in [0.5, 0.6) is 17.2 Å². The van der Waals surface area contributed by atoms with Crippen LogP contribution in [-0.2, 0) is 4.74 Å². The summed E-state index contributed by atoms with van der Waals surface area (Å²) in [5.74, 6) is 0.490. The Bertz CT molecular complexity index is 900. The summed E-state index contributed by atoms with van der Waals surface area (Å²) in [5, 5.41) is 13.6. The molecule has 0 saturated heterocycles. The van der Waals surface area contributed by atoms with Gasteiger partial charge in [0.25, 0.3) is 0 Å². The molecule has 0 aliphatic heterocycles. The third-order valence-corrected chi connectivity index (χ3v) is 4.68. The van der Waals surface area contributed by atoms with E-state index in [1.54, 1.807) is 19.2 Å². The zero-order chi connectivity index (χ0) is 17.3. The van der Waals surface area contributed by atoms with E-state index in [4.69, 9.17) is 14.2 Å². The predicted molar refractivity (Wildman–Crippen MR) is 93.4 cm³/mol. The maximum Gasteiger partial charge on any atom is 0.338 e. The Hall–Kier alpha value is -2.73. The number of carbonyl (C=O) groups excluding carboxylic acids is 1. The normalized spacial score (nSPS) is 10.6. The minimum Gasteiger partial charge on any atom is -0.507 e. The van der Waals surface area contributed by atoms with Crippen molar-refractivity contribution in [2.24, 2.45) is 0 Å². The zero-order valence-corrected chi connectivity index (χ0v) is 14.3. The van der Waals surface area contributed by atoms with Crippen LogP contribution in [0.25, 0.3) is 21.2 Å². The van der Waals surface area contributed by atoms with E-state index in [0.717, 1.165) is 4.88 Å². The Morgan fingerprint density at radius 3 is 2.25 bits per heavy atom. The van der Waals surface area contributed by atoms with Gasteiger partial charge in [-0.25, -0.2) is 4.79 Å². The molecule has 0 saturated carbocycles. The number of esters is 1. The molecule has 6 heteroatoms. The lowest BCUT2D eigenvalue weighted by molar-refractivity contribution is 0.0601. The minimum absolute atomic E-state index is 0.0216. The van der Waals surface area contributed by atoms with Crippen LogP contribution < -0.4 is 9.47 Å². The lowest BCUT2D eigenvalue weighted by atomic mass is 9.96. The van der Waals surface area contributed by atoms with E-state index in [-0.39, 0.29) is 5.75 Å². The van der Waals surface area contributed by atoms with Gasteiger partial charge in [-0.15, -0.1) is 11.3 Å². The molecule has 0 amide bonds. The van der Waals surface area contributed by atoms with Gasteiger partial charge >= 0.3 is 5.97 Å². The molecule has 0 spiro atoms. The summed E-state index contributed by atoms with van der Waals surface area (Å²) < 4.78 is 15.5. The molecule has 0 unspecified atom stereocenters. The van der Waals surface area contributed by atoms with Crippen LogP contribution in [0.4, 0.5) is 0 Å². The lowest BCUT2D eigenvalue weighted by Gasteiger charge is -2.15. The lowest BCUT2D eigenvalue weighted by Crippen LogP contribution is -2.04. The number of thiophene rings is 1. The number of aromatic hydroxyl groups is 1. The average molecular weight is 344 g/mol. The summed E-state index contributed by atoms with van der Waals surface area (Å²) in [5.41, 5.74) is 1.00. The molecule has 3 rings (SSSR count). The summed E-state index contributed by atoms with van der Waals surface area (Å²) >= 11 is 1.50. The zero-order valence-electron chi connectivity index (χ0n) is 13.5. The highest BCUT2D eigenvalue weighted by molar-refractivity contribution is 7.13. The molecule has 124 valence electrons. The third-order valence-electron chi connectivity index (χ3n) is 3.79. The quantitative estimate of drug-likeness (QED) is 0.723. The van der Waals surface area contributed by atoms with Crippen LogP contribution in [0.3, 0.4) is 0 Å². The van der Waals surface area contributed by atoms with Crippen molar-refractivity contribution in [3.63, 3.8) is 0 Å². The van der Waals surface area contributed by atoms with Crippen LogP contribution >= 0.6 is 11.3 Å². The maximum atomic E-state index is 12.2. The minimum atomic E-state index is -0.509. The second kappa shape index (κ2) is 6.41. The number of rotatable bonds is 4. The Labute approximate surface area is 143 Å². The molecule has 0 aliphatic rings. The smallest absolute Gasteiger partial charge is 0.338 e. The highest BCUT2D eigenvalue weighted by Crippen LogP contribution is 2.43. The van der Waals surface area contributed by atoms with Crippen LogP contribution in [0, 0.1) is 0 Å². The molecule has 0 atom stereocenters. The predicted octanol–water partition coefficient (Wildman–Crippen LogP) is 4.08. The fourth-order valence-corrected chi connectivity index (χ4v) is 3.49. The van der Waals surface area contributed by atoms with Gasteiger partial charge in [-0.3, -0.25) is 0 Å². The molecular weight excluding hydrogens is 328 g/mol. The van der Waals surface area contributed by atoms with Crippen LogP contribution in [-0.4, -0.2) is 32.4 Å². The molecule has 0 bridgehead atoms. The van der Waals surface area contributed by atoms with Crippen molar-refractivity contribution < 1.29 is 24.1 Å². The van der Waals surface area contributed by atoms with E-state index < -0.39 is 5.97 Å². The van der Waals surface area contributed by atoms with Crippen molar-refractivity contribution in [1.82, 2.24) is 0 Å². The molecule has 0 aliphatic carbocycles. The molecule has 3 aromatic rings. The van der Waals surface area contributed by atoms with Crippen molar-refractivity contribution in [2.75, 3.05) is 21.3 Å². The molecule has 1 aromatic heterocycles. The molecule has 1 heterocycles. The van der Waals surface area contributed by atoms with Crippen molar-refractivity contribution >= 4 is 28.1 Å². The van der Waals surface area contributed by atoms with Crippen LogP contribution in [0.15, 0.2) is 35.7 Å². The topological polar surface area (TPSA) is 65.0 Å². The number of benzene rings is 2. The summed E-state index contributed by atoms with van der Waals surface area (Å²) in [6.07, 6.45) is 0. The fourth-order valence-electron chi connectivity index (χ4n) is 2.69. The second-order valence-corrected chi connectivity index (χ2v) is 5.99. The average Bonchev–Trinajstić information content (AvgIpc) is 3.13. The molecule has 5 nitrogen and oxygen atoms in total. The van der Waals surface area contributed by atoms with E-state index in [1.807, 2.05) is 17.5 Å². The fraction of sp³-hybridized carbons (Fsp3) is 0.167. The van der Waals surface area contributed by atoms with Crippen molar-refractivity contribution in [1.29, 1.82) is 0 Å². The van der Waals surface area contributed by atoms with Crippen molar-refractivity contribution in [3.8, 4) is 27.7 Å². The summed E-state index contributed by atoms with van der Waals surface area (Å²) in [7, 11) is 4.39. The Balaban J connectivity index is 2.45. The summed E-state index contributed by atoms with van der Waals surface area (Å²) in [4.78, 5) is 13.1. The highest BCUT2D eigenvalue weighted by atomic mass is 32.1.